The summed E-state index contributed by atoms with van der Waals surface area (Å²) in [6.07, 6.45) is 3.23. The van der Waals surface area contributed by atoms with Crippen molar-refractivity contribution >= 4 is 5.91 Å². The number of carbonyl (C=O) groups is 1. The van der Waals surface area contributed by atoms with Gasteiger partial charge in [-0.25, -0.2) is 4.68 Å². The van der Waals surface area contributed by atoms with Crippen molar-refractivity contribution in [2.75, 3.05) is 0 Å². The van der Waals surface area contributed by atoms with Gasteiger partial charge in [0.2, 0.25) is 5.91 Å². The van der Waals surface area contributed by atoms with Gasteiger partial charge in [-0.15, -0.1) is 0 Å². The zero-order chi connectivity index (χ0) is 19.2. The van der Waals surface area contributed by atoms with Gasteiger partial charge in [0.15, 0.2) is 5.76 Å². The van der Waals surface area contributed by atoms with Gasteiger partial charge in [0.1, 0.15) is 11.7 Å². The Labute approximate surface area is 157 Å². The van der Waals surface area contributed by atoms with E-state index in [9.17, 15) is 9.59 Å². The largest absolute Gasteiger partial charge is 0.463 e. The van der Waals surface area contributed by atoms with E-state index in [4.69, 9.17) is 4.42 Å². The lowest BCUT2D eigenvalue weighted by molar-refractivity contribution is -0.124. The standard InChI is InChI=1S/C21H23N3O3/c1-15(10-11-17-7-4-3-5-8-17)22-21(26)16(2)24-20(25)13-12-18(23-24)19-9-6-14-27-19/h3-9,12-16H,10-11H2,1-2H3,(H,22,26). The SMILES string of the molecule is CC(CCc1ccccc1)NC(=O)C(C)n1nc(-c2ccco2)ccc1=O. The molecule has 0 aliphatic rings. The van der Waals surface area contributed by atoms with Crippen LogP contribution in [-0.4, -0.2) is 21.7 Å². The minimum atomic E-state index is -0.716. The second-order valence-electron chi connectivity index (χ2n) is 6.59. The van der Waals surface area contributed by atoms with Crippen molar-refractivity contribution in [2.45, 2.75) is 38.8 Å². The van der Waals surface area contributed by atoms with Crippen molar-refractivity contribution in [3.05, 3.63) is 76.8 Å². The van der Waals surface area contributed by atoms with E-state index in [-0.39, 0.29) is 17.5 Å². The molecule has 2 heterocycles. The molecule has 0 radical (unpaired) electrons. The van der Waals surface area contributed by atoms with Crippen molar-refractivity contribution in [3.63, 3.8) is 0 Å². The van der Waals surface area contributed by atoms with E-state index in [0.717, 1.165) is 12.8 Å². The van der Waals surface area contributed by atoms with Gasteiger partial charge in [0.25, 0.3) is 5.56 Å². The monoisotopic (exact) mass is 365 g/mol. The summed E-state index contributed by atoms with van der Waals surface area (Å²) in [5.74, 6) is 0.314. The van der Waals surface area contributed by atoms with Crippen LogP contribution in [0.1, 0.15) is 31.9 Å². The molecule has 2 unspecified atom stereocenters. The topological polar surface area (TPSA) is 77.1 Å². The number of hydrogen-bond acceptors (Lipinski definition) is 4. The van der Waals surface area contributed by atoms with Crippen LogP contribution in [0.2, 0.25) is 0 Å². The Hall–Kier alpha value is -3.15. The summed E-state index contributed by atoms with van der Waals surface area (Å²) < 4.78 is 6.51. The molecule has 0 spiro atoms. The molecule has 3 aromatic rings. The number of benzene rings is 1. The molecule has 1 amide bonds. The quantitative estimate of drug-likeness (QED) is 0.697. The number of aryl methyl sites for hydroxylation is 1. The average molecular weight is 365 g/mol. The van der Waals surface area contributed by atoms with E-state index in [2.05, 4.69) is 22.5 Å². The van der Waals surface area contributed by atoms with E-state index < -0.39 is 6.04 Å². The molecule has 0 aliphatic carbocycles. The Bertz CT molecular complexity index is 933. The van der Waals surface area contributed by atoms with Crippen LogP contribution in [0.4, 0.5) is 0 Å². The maximum Gasteiger partial charge on any atom is 0.267 e. The van der Waals surface area contributed by atoms with Crippen LogP contribution in [0, 0.1) is 0 Å². The van der Waals surface area contributed by atoms with Crippen molar-refractivity contribution < 1.29 is 9.21 Å². The smallest absolute Gasteiger partial charge is 0.267 e. The molecule has 0 saturated carbocycles. The third-order valence-electron chi connectivity index (χ3n) is 4.44. The zero-order valence-electron chi connectivity index (χ0n) is 15.5. The molecule has 6 heteroatoms. The van der Waals surface area contributed by atoms with Crippen molar-refractivity contribution in [1.29, 1.82) is 0 Å². The summed E-state index contributed by atoms with van der Waals surface area (Å²) in [7, 11) is 0. The Morgan fingerprint density at radius 2 is 1.89 bits per heavy atom. The maximum atomic E-state index is 12.6. The van der Waals surface area contributed by atoms with Gasteiger partial charge < -0.3 is 9.73 Å². The fourth-order valence-corrected chi connectivity index (χ4v) is 2.83. The molecule has 1 aromatic carbocycles. The van der Waals surface area contributed by atoms with Gasteiger partial charge in [-0.2, -0.15) is 5.10 Å². The minimum Gasteiger partial charge on any atom is -0.463 e. The van der Waals surface area contributed by atoms with Crippen LogP contribution in [-0.2, 0) is 11.2 Å². The highest BCUT2D eigenvalue weighted by Crippen LogP contribution is 2.16. The molecular weight excluding hydrogens is 342 g/mol. The van der Waals surface area contributed by atoms with E-state index >= 15 is 0 Å². The molecule has 1 N–H and O–H groups in total. The van der Waals surface area contributed by atoms with E-state index in [1.807, 2.05) is 25.1 Å². The third kappa shape index (κ3) is 4.73. The van der Waals surface area contributed by atoms with Crippen LogP contribution in [0.25, 0.3) is 11.5 Å². The van der Waals surface area contributed by atoms with Crippen LogP contribution in [0.15, 0.2) is 70.1 Å². The van der Waals surface area contributed by atoms with Crippen molar-refractivity contribution in [1.82, 2.24) is 15.1 Å². The predicted molar refractivity (Wildman–Crippen MR) is 103 cm³/mol. The van der Waals surface area contributed by atoms with Gasteiger partial charge in [-0.1, -0.05) is 30.3 Å². The molecule has 2 aromatic heterocycles. The summed E-state index contributed by atoms with van der Waals surface area (Å²) >= 11 is 0. The van der Waals surface area contributed by atoms with E-state index in [1.54, 1.807) is 25.1 Å². The Morgan fingerprint density at radius 3 is 2.59 bits per heavy atom. The van der Waals surface area contributed by atoms with Gasteiger partial charge >= 0.3 is 0 Å². The van der Waals surface area contributed by atoms with Crippen molar-refractivity contribution in [3.8, 4) is 11.5 Å². The number of aromatic nitrogens is 2. The first-order chi connectivity index (χ1) is 13.0. The molecule has 0 aliphatic heterocycles. The first-order valence-electron chi connectivity index (χ1n) is 9.02. The average Bonchev–Trinajstić information content (AvgIpc) is 3.22. The van der Waals surface area contributed by atoms with Gasteiger partial charge in [0.05, 0.1) is 6.26 Å². The highest BCUT2D eigenvalue weighted by molar-refractivity contribution is 5.80. The molecule has 6 nitrogen and oxygen atoms in total. The number of hydrogen-bond donors (Lipinski definition) is 1. The number of nitrogens with one attached hydrogen (secondary N) is 1. The predicted octanol–water partition coefficient (Wildman–Crippen LogP) is 3.20. The first-order valence-corrected chi connectivity index (χ1v) is 9.02. The van der Waals surface area contributed by atoms with Gasteiger partial charge in [-0.3, -0.25) is 9.59 Å². The summed E-state index contributed by atoms with van der Waals surface area (Å²) in [4.78, 5) is 24.8. The van der Waals surface area contributed by atoms with Gasteiger partial charge in [0, 0.05) is 12.1 Å². The lowest BCUT2D eigenvalue weighted by Crippen LogP contribution is -2.41. The number of amides is 1. The second-order valence-corrected chi connectivity index (χ2v) is 6.59. The molecule has 0 fully saturated rings. The van der Waals surface area contributed by atoms with E-state index in [1.165, 1.54) is 22.6 Å². The molecular formula is C21H23N3O3. The number of nitrogens with zero attached hydrogens (tertiary/aromatic N) is 2. The number of furan rings is 1. The third-order valence-corrected chi connectivity index (χ3v) is 4.44. The minimum absolute atomic E-state index is 0.0101. The van der Waals surface area contributed by atoms with Crippen molar-refractivity contribution in [2.24, 2.45) is 0 Å². The van der Waals surface area contributed by atoms with Crippen LogP contribution in [0.5, 0.6) is 0 Å². The Balaban J connectivity index is 1.64. The molecule has 2 atom stereocenters. The molecule has 3 rings (SSSR count). The first kappa shape index (κ1) is 18.6. The molecule has 140 valence electrons. The normalized spacial score (nSPS) is 13.1. The lowest BCUT2D eigenvalue weighted by atomic mass is 10.1. The fourth-order valence-electron chi connectivity index (χ4n) is 2.83. The zero-order valence-corrected chi connectivity index (χ0v) is 15.5. The fraction of sp³-hybridized carbons (Fsp3) is 0.286. The Kier molecular flexibility index (Phi) is 5.86. The van der Waals surface area contributed by atoms with Crippen LogP contribution < -0.4 is 10.9 Å². The maximum absolute atomic E-state index is 12.6. The summed E-state index contributed by atoms with van der Waals surface area (Å²) in [5.41, 5.74) is 1.41. The van der Waals surface area contributed by atoms with E-state index in [0.29, 0.717) is 11.5 Å². The van der Waals surface area contributed by atoms with Crippen LogP contribution in [0.3, 0.4) is 0 Å². The molecule has 0 saturated heterocycles. The Morgan fingerprint density at radius 1 is 1.11 bits per heavy atom. The summed E-state index contributed by atoms with van der Waals surface area (Å²) in [6.45, 7) is 3.63. The summed E-state index contributed by atoms with van der Waals surface area (Å²) in [6, 6.07) is 15.9. The molecule has 0 bridgehead atoms. The summed E-state index contributed by atoms with van der Waals surface area (Å²) in [5, 5.41) is 7.25. The number of rotatable bonds is 7. The van der Waals surface area contributed by atoms with Crippen LogP contribution >= 0.6 is 0 Å². The number of carbonyl (C=O) groups excluding carboxylic acids is 1. The highest BCUT2D eigenvalue weighted by atomic mass is 16.3. The second kappa shape index (κ2) is 8.49. The van der Waals surface area contributed by atoms with Gasteiger partial charge in [-0.05, 0) is 50.5 Å². The lowest BCUT2D eigenvalue weighted by Gasteiger charge is -2.18. The highest BCUT2D eigenvalue weighted by Gasteiger charge is 2.20. The molecule has 27 heavy (non-hydrogen) atoms.